The van der Waals surface area contributed by atoms with E-state index in [1.54, 1.807) is 55.6 Å². The van der Waals surface area contributed by atoms with Crippen molar-refractivity contribution < 1.29 is 29.0 Å². The van der Waals surface area contributed by atoms with Crippen molar-refractivity contribution >= 4 is 68.9 Å². The van der Waals surface area contributed by atoms with Crippen LogP contribution in [0.25, 0.3) is 5.57 Å². The number of nitrogens with one attached hydrogen (secondary N) is 1. The van der Waals surface area contributed by atoms with Crippen molar-refractivity contribution in [2.45, 2.75) is 6.42 Å². The number of carboxylic acid groups (broad SMARTS) is 1. The number of carboxylic acids is 1. The highest BCUT2D eigenvalue weighted by Gasteiger charge is 2.42. The van der Waals surface area contributed by atoms with Crippen molar-refractivity contribution in [1.29, 1.82) is 0 Å². The zero-order valence-corrected chi connectivity index (χ0v) is 19.6. The van der Waals surface area contributed by atoms with Crippen LogP contribution in [0.1, 0.15) is 12.0 Å². The number of thioether (sulfide) groups is 1. The summed E-state index contributed by atoms with van der Waals surface area (Å²) in [5, 5.41) is 11.7. The number of carbonyl (C=O) groups is 4. The maximum Gasteiger partial charge on any atom is 0.305 e. The molecule has 0 bridgehead atoms. The molecule has 2 aliphatic rings. The molecule has 2 aromatic carbocycles. The Morgan fingerprint density at radius 2 is 1.76 bits per heavy atom. The van der Waals surface area contributed by atoms with E-state index in [9.17, 15) is 19.2 Å². The van der Waals surface area contributed by atoms with Crippen LogP contribution in [0.5, 0.6) is 5.75 Å². The Labute approximate surface area is 204 Å². The second kappa shape index (κ2) is 9.65. The fourth-order valence-corrected chi connectivity index (χ4v) is 5.00. The third-order valence-electron chi connectivity index (χ3n) is 5.22. The van der Waals surface area contributed by atoms with Gasteiger partial charge in [-0.15, -0.1) is 0 Å². The average Bonchev–Trinajstić information content (AvgIpc) is 3.24. The number of methoxy groups -OCH3 is 1. The largest absolute Gasteiger partial charge is 0.497 e. The highest BCUT2D eigenvalue weighted by atomic mass is 32.2. The van der Waals surface area contributed by atoms with Crippen LogP contribution in [-0.2, 0) is 19.2 Å². The summed E-state index contributed by atoms with van der Waals surface area (Å²) in [5.74, 6) is -1.84. The molecule has 0 unspecified atom stereocenters. The van der Waals surface area contributed by atoms with Crippen molar-refractivity contribution in [1.82, 2.24) is 4.90 Å². The fourth-order valence-electron chi connectivity index (χ4n) is 3.62. The first kappa shape index (κ1) is 23.5. The summed E-state index contributed by atoms with van der Waals surface area (Å²) < 4.78 is 5.29. The van der Waals surface area contributed by atoms with E-state index in [4.69, 9.17) is 22.1 Å². The van der Waals surface area contributed by atoms with E-state index in [0.29, 0.717) is 22.7 Å². The maximum absolute atomic E-state index is 13.4. The van der Waals surface area contributed by atoms with Gasteiger partial charge in [-0.1, -0.05) is 42.2 Å². The average molecular weight is 498 g/mol. The molecule has 4 rings (SSSR count). The Morgan fingerprint density at radius 1 is 1.06 bits per heavy atom. The number of carbonyl (C=O) groups excluding carboxylic acids is 3. The van der Waals surface area contributed by atoms with Gasteiger partial charge in [0.05, 0.1) is 29.7 Å². The Bertz CT molecular complexity index is 1240. The zero-order valence-electron chi connectivity index (χ0n) is 17.9. The zero-order chi connectivity index (χ0) is 24.4. The predicted molar refractivity (Wildman–Crippen MR) is 131 cm³/mol. The molecule has 2 aromatic rings. The molecule has 0 aliphatic carbocycles. The minimum atomic E-state index is -1.06. The molecule has 0 saturated carbocycles. The monoisotopic (exact) mass is 497 g/mol. The van der Waals surface area contributed by atoms with Crippen molar-refractivity contribution in [3.63, 3.8) is 0 Å². The van der Waals surface area contributed by atoms with E-state index < -0.39 is 23.7 Å². The van der Waals surface area contributed by atoms with Crippen LogP contribution in [0.3, 0.4) is 0 Å². The van der Waals surface area contributed by atoms with Gasteiger partial charge in [-0.25, -0.2) is 0 Å². The lowest BCUT2D eigenvalue weighted by Gasteiger charge is -2.17. The lowest BCUT2D eigenvalue weighted by atomic mass is 10.1. The van der Waals surface area contributed by atoms with E-state index in [-0.39, 0.29) is 34.3 Å². The number of hydrogen-bond donors (Lipinski definition) is 2. The van der Waals surface area contributed by atoms with Crippen LogP contribution >= 0.6 is 24.0 Å². The summed E-state index contributed by atoms with van der Waals surface area (Å²) in [6.45, 7) is -0.342. The van der Waals surface area contributed by atoms with Gasteiger partial charge < -0.3 is 15.2 Å². The van der Waals surface area contributed by atoms with Crippen LogP contribution in [0.15, 0.2) is 53.4 Å². The Morgan fingerprint density at radius 3 is 2.44 bits per heavy atom. The first-order chi connectivity index (χ1) is 16.3. The van der Waals surface area contributed by atoms with Gasteiger partial charge in [0, 0.05) is 17.8 Å². The summed E-state index contributed by atoms with van der Waals surface area (Å²) in [6, 6.07) is 13.7. The SMILES string of the molecule is COc1ccc(NC(=O)CN2C(=O)C(=C3SC(=S)N(CCC(=O)O)C3=O)c3ccccc32)cc1. The van der Waals surface area contributed by atoms with Gasteiger partial charge in [-0.05, 0) is 30.3 Å². The molecule has 3 amide bonds. The third-order valence-corrected chi connectivity index (χ3v) is 6.67. The van der Waals surface area contributed by atoms with E-state index in [1.165, 1.54) is 9.80 Å². The number of amides is 3. The second-order valence-corrected chi connectivity index (χ2v) is 9.00. The number of hydrogen-bond acceptors (Lipinski definition) is 7. The van der Waals surface area contributed by atoms with Crippen molar-refractivity contribution in [2.75, 3.05) is 30.4 Å². The summed E-state index contributed by atoms with van der Waals surface area (Å²) in [6.07, 6.45) is -0.267. The van der Waals surface area contributed by atoms with Crippen LogP contribution < -0.4 is 15.0 Å². The van der Waals surface area contributed by atoms with Gasteiger partial charge in [-0.3, -0.25) is 29.0 Å². The third kappa shape index (κ3) is 4.52. The molecule has 9 nitrogen and oxygen atoms in total. The minimum Gasteiger partial charge on any atom is -0.497 e. The van der Waals surface area contributed by atoms with E-state index in [0.717, 1.165) is 11.8 Å². The number of thiocarbonyl (C=S) groups is 1. The van der Waals surface area contributed by atoms with Crippen LogP contribution in [0.2, 0.25) is 0 Å². The molecule has 2 aliphatic heterocycles. The Hall–Kier alpha value is -3.70. The molecule has 174 valence electrons. The van der Waals surface area contributed by atoms with Gasteiger partial charge in [0.1, 0.15) is 16.6 Å². The number of ether oxygens (including phenoxy) is 1. The fraction of sp³-hybridized carbons (Fsp3) is 0.174. The summed E-state index contributed by atoms with van der Waals surface area (Å²) in [7, 11) is 1.54. The quantitative estimate of drug-likeness (QED) is 0.443. The minimum absolute atomic E-state index is 0.0827. The molecular formula is C23H19N3O6S2. The van der Waals surface area contributed by atoms with Crippen molar-refractivity contribution in [2.24, 2.45) is 0 Å². The molecule has 0 spiro atoms. The molecular weight excluding hydrogens is 478 g/mol. The van der Waals surface area contributed by atoms with Crippen LogP contribution in [0, 0.1) is 0 Å². The molecule has 2 heterocycles. The molecule has 11 heteroatoms. The predicted octanol–water partition coefficient (Wildman–Crippen LogP) is 2.73. The first-order valence-electron chi connectivity index (χ1n) is 10.1. The van der Waals surface area contributed by atoms with Crippen LogP contribution in [-0.4, -0.2) is 58.2 Å². The highest BCUT2D eigenvalue weighted by Crippen LogP contribution is 2.44. The van der Waals surface area contributed by atoms with Crippen LogP contribution in [0.4, 0.5) is 11.4 Å². The van der Waals surface area contributed by atoms with Gasteiger partial charge >= 0.3 is 5.97 Å². The lowest BCUT2D eigenvalue weighted by molar-refractivity contribution is -0.137. The van der Waals surface area contributed by atoms with E-state index in [2.05, 4.69) is 5.32 Å². The molecule has 1 saturated heterocycles. The van der Waals surface area contributed by atoms with Crippen molar-refractivity contribution in [3.05, 3.63) is 59.0 Å². The van der Waals surface area contributed by atoms with Gasteiger partial charge in [0.25, 0.3) is 11.8 Å². The van der Waals surface area contributed by atoms with Gasteiger partial charge in [-0.2, -0.15) is 0 Å². The standard InChI is InChI=1S/C23H19N3O6S2/c1-32-14-8-6-13(7-9-14)24-17(27)12-26-16-5-3-2-4-15(16)19(21(26)30)20-22(31)25(23(33)34-20)11-10-18(28)29/h2-9H,10-12H2,1H3,(H,24,27)(H,28,29). The number of benzene rings is 2. The topological polar surface area (TPSA) is 116 Å². The first-order valence-corrected chi connectivity index (χ1v) is 11.4. The van der Waals surface area contributed by atoms with E-state index in [1.807, 2.05) is 0 Å². The number of para-hydroxylation sites is 1. The molecule has 34 heavy (non-hydrogen) atoms. The van der Waals surface area contributed by atoms with Gasteiger partial charge in [0.15, 0.2) is 0 Å². The maximum atomic E-state index is 13.4. The summed E-state index contributed by atoms with van der Waals surface area (Å²) >= 11 is 6.21. The molecule has 0 aromatic heterocycles. The molecule has 1 fully saturated rings. The smallest absolute Gasteiger partial charge is 0.305 e. The highest BCUT2D eigenvalue weighted by molar-refractivity contribution is 8.26. The molecule has 0 atom stereocenters. The number of anilines is 2. The summed E-state index contributed by atoms with van der Waals surface area (Å²) in [5.41, 5.74) is 1.72. The lowest BCUT2D eigenvalue weighted by Crippen LogP contribution is -2.35. The molecule has 2 N–H and O–H groups in total. The number of aliphatic carboxylic acids is 1. The normalized spacial score (nSPS) is 17.3. The van der Waals surface area contributed by atoms with E-state index >= 15 is 0 Å². The second-order valence-electron chi connectivity index (χ2n) is 7.36. The van der Waals surface area contributed by atoms with Gasteiger partial charge in [0.2, 0.25) is 5.91 Å². The Balaban J connectivity index is 1.59. The number of fused-ring (bicyclic) bond motifs is 1. The number of rotatable bonds is 7. The summed E-state index contributed by atoms with van der Waals surface area (Å²) in [4.78, 5) is 52.7. The molecule has 0 radical (unpaired) electrons. The number of nitrogens with zero attached hydrogens (tertiary/aromatic N) is 2. The van der Waals surface area contributed by atoms with Crippen molar-refractivity contribution in [3.8, 4) is 5.75 Å². The Kier molecular flexibility index (Phi) is 6.66.